The van der Waals surface area contributed by atoms with Crippen LogP contribution < -0.4 is 29.4 Å². The third-order valence-corrected chi connectivity index (χ3v) is 7.70. The number of halogens is 1. The number of rotatable bonds is 12. The Morgan fingerprint density at radius 3 is 2.05 bits per heavy atom. The van der Waals surface area contributed by atoms with Crippen molar-refractivity contribution in [3.8, 4) is 17.2 Å². The summed E-state index contributed by atoms with van der Waals surface area (Å²) in [6.45, 7) is 13.5. The molecule has 2 fully saturated rings. The summed E-state index contributed by atoms with van der Waals surface area (Å²) in [5, 5.41) is 4.84. The van der Waals surface area contributed by atoms with E-state index >= 15 is 0 Å². The SMILES string of the molecule is CCOc1cc(/C=N\Nc2nc(N3CCCC3)nc(N3CCCC3)n2)cc(Cl)c1OCCOc1ccc(C(C)(C)C)cc1. The largest absolute Gasteiger partial charge is 0.490 e. The minimum absolute atomic E-state index is 0.0987. The second-order valence-electron chi connectivity index (χ2n) is 11.8. The van der Waals surface area contributed by atoms with E-state index < -0.39 is 0 Å². The molecule has 5 rings (SSSR count). The van der Waals surface area contributed by atoms with Crippen molar-refractivity contribution in [2.45, 2.75) is 58.8 Å². The molecule has 3 aromatic rings. The average Bonchev–Trinajstić information content (AvgIpc) is 3.72. The van der Waals surface area contributed by atoms with Crippen LogP contribution >= 0.6 is 11.6 Å². The van der Waals surface area contributed by atoms with Gasteiger partial charge in [-0.1, -0.05) is 44.5 Å². The van der Waals surface area contributed by atoms with Gasteiger partial charge in [-0.25, -0.2) is 5.43 Å². The maximum atomic E-state index is 6.64. The van der Waals surface area contributed by atoms with Gasteiger partial charge in [-0.05, 0) is 73.4 Å². The summed E-state index contributed by atoms with van der Waals surface area (Å²) in [4.78, 5) is 18.5. The topological polar surface area (TPSA) is 97.2 Å². The van der Waals surface area contributed by atoms with Crippen molar-refractivity contribution >= 4 is 35.7 Å². The van der Waals surface area contributed by atoms with Crippen molar-refractivity contribution in [1.82, 2.24) is 15.0 Å². The lowest BCUT2D eigenvalue weighted by Crippen LogP contribution is -2.25. The lowest BCUT2D eigenvalue weighted by atomic mass is 9.87. The van der Waals surface area contributed by atoms with E-state index in [1.807, 2.05) is 25.1 Å². The van der Waals surface area contributed by atoms with Gasteiger partial charge in [0.2, 0.25) is 17.8 Å². The first-order valence-corrected chi connectivity index (χ1v) is 15.6. The summed E-state index contributed by atoms with van der Waals surface area (Å²) >= 11 is 6.64. The molecule has 2 aromatic carbocycles. The predicted molar refractivity (Wildman–Crippen MR) is 173 cm³/mol. The zero-order valence-corrected chi connectivity index (χ0v) is 26.4. The van der Waals surface area contributed by atoms with Crippen molar-refractivity contribution in [2.75, 3.05) is 61.2 Å². The van der Waals surface area contributed by atoms with Crippen molar-refractivity contribution < 1.29 is 14.2 Å². The number of aromatic nitrogens is 3. The molecular formula is C32H42ClN7O3. The molecule has 43 heavy (non-hydrogen) atoms. The minimum atomic E-state index is 0.0987. The number of hydrogen-bond acceptors (Lipinski definition) is 10. The van der Waals surface area contributed by atoms with Crippen LogP contribution in [0, 0.1) is 0 Å². The van der Waals surface area contributed by atoms with E-state index in [4.69, 9.17) is 30.8 Å². The number of hydrazone groups is 1. The van der Waals surface area contributed by atoms with Crippen molar-refractivity contribution in [1.29, 1.82) is 0 Å². The van der Waals surface area contributed by atoms with E-state index in [1.54, 1.807) is 12.3 Å². The molecule has 2 aliphatic rings. The number of anilines is 3. The van der Waals surface area contributed by atoms with Gasteiger partial charge >= 0.3 is 0 Å². The molecule has 0 bridgehead atoms. The van der Waals surface area contributed by atoms with Gasteiger partial charge in [0.15, 0.2) is 11.5 Å². The molecule has 2 saturated heterocycles. The van der Waals surface area contributed by atoms with Crippen LogP contribution in [0.25, 0.3) is 0 Å². The van der Waals surface area contributed by atoms with Gasteiger partial charge in [0, 0.05) is 26.2 Å². The first kappa shape index (κ1) is 30.7. The second kappa shape index (κ2) is 14.1. The molecule has 11 heteroatoms. The summed E-state index contributed by atoms with van der Waals surface area (Å²) in [5.41, 5.74) is 5.10. The number of benzene rings is 2. The van der Waals surface area contributed by atoms with E-state index in [0.29, 0.717) is 54.2 Å². The summed E-state index contributed by atoms with van der Waals surface area (Å²) in [5.74, 6) is 3.62. The van der Waals surface area contributed by atoms with Gasteiger partial charge < -0.3 is 24.0 Å². The highest BCUT2D eigenvalue weighted by Crippen LogP contribution is 2.36. The molecule has 0 aliphatic carbocycles. The molecular weight excluding hydrogens is 566 g/mol. The predicted octanol–water partition coefficient (Wildman–Crippen LogP) is 6.33. The second-order valence-corrected chi connectivity index (χ2v) is 12.2. The Labute approximate surface area is 259 Å². The maximum absolute atomic E-state index is 6.64. The summed E-state index contributed by atoms with van der Waals surface area (Å²) in [6.07, 6.45) is 6.25. The third kappa shape index (κ3) is 8.19. The lowest BCUT2D eigenvalue weighted by Gasteiger charge is -2.20. The monoisotopic (exact) mass is 607 g/mol. The molecule has 1 aromatic heterocycles. The highest BCUT2D eigenvalue weighted by atomic mass is 35.5. The number of ether oxygens (including phenoxy) is 3. The molecule has 3 heterocycles. The van der Waals surface area contributed by atoms with E-state index in [1.165, 1.54) is 5.56 Å². The molecule has 0 saturated carbocycles. The van der Waals surface area contributed by atoms with Crippen LogP contribution in [0.2, 0.25) is 5.02 Å². The molecule has 0 atom stereocenters. The van der Waals surface area contributed by atoms with Gasteiger partial charge in [0.1, 0.15) is 19.0 Å². The van der Waals surface area contributed by atoms with Crippen LogP contribution in [-0.4, -0.2) is 67.2 Å². The standard InChI is InChI=1S/C32H42ClN7O3/c1-5-41-27-21-23(20-26(33)28(27)43-19-18-42-25-12-10-24(11-13-25)32(2,3)4)22-34-38-29-35-30(39-14-6-7-15-39)37-31(36-29)40-16-8-9-17-40/h10-13,20-22H,5-9,14-19H2,1-4H3,(H,35,36,37,38)/b34-22-. The molecule has 0 radical (unpaired) electrons. The maximum Gasteiger partial charge on any atom is 0.250 e. The Balaban J connectivity index is 1.22. The fraction of sp³-hybridized carbons (Fsp3) is 0.500. The quantitative estimate of drug-likeness (QED) is 0.144. The first-order chi connectivity index (χ1) is 20.8. The highest BCUT2D eigenvalue weighted by Gasteiger charge is 2.21. The van der Waals surface area contributed by atoms with Gasteiger partial charge in [0.25, 0.3) is 0 Å². The molecule has 0 amide bonds. The number of nitrogens with one attached hydrogen (secondary N) is 1. The molecule has 1 N–H and O–H groups in total. The zero-order chi connectivity index (χ0) is 30.2. The third-order valence-electron chi connectivity index (χ3n) is 7.42. The summed E-state index contributed by atoms with van der Waals surface area (Å²) in [7, 11) is 0. The zero-order valence-electron chi connectivity index (χ0n) is 25.6. The van der Waals surface area contributed by atoms with Gasteiger partial charge in [-0.2, -0.15) is 20.1 Å². The van der Waals surface area contributed by atoms with Crippen LogP contribution in [0.1, 0.15) is 64.5 Å². The van der Waals surface area contributed by atoms with Crippen LogP contribution in [0.4, 0.5) is 17.8 Å². The molecule has 0 spiro atoms. The molecule has 0 unspecified atom stereocenters. The fourth-order valence-corrected chi connectivity index (χ4v) is 5.38. The van der Waals surface area contributed by atoms with Crippen LogP contribution in [0.5, 0.6) is 17.2 Å². The average molecular weight is 608 g/mol. The molecule has 230 valence electrons. The first-order valence-electron chi connectivity index (χ1n) is 15.2. The van der Waals surface area contributed by atoms with E-state index in [2.05, 4.69) is 63.2 Å². The van der Waals surface area contributed by atoms with Crippen molar-refractivity contribution in [3.05, 3.63) is 52.5 Å². The fourth-order valence-electron chi connectivity index (χ4n) is 5.11. The normalized spacial score (nSPS) is 15.4. The van der Waals surface area contributed by atoms with Crippen LogP contribution in [0.3, 0.4) is 0 Å². The van der Waals surface area contributed by atoms with Crippen molar-refractivity contribution in [2.24, 2.45) is 5.10 Å². The Hall–Kier alpha value is -3.79. The Bertz CT molecular complexity index is 1350. The molecule has 2 aliphatic heterocycles. The minimum Gasteiger partial charge on any atom is -0.490 e. The number of nitrogens with zero attached hydrogens (tertiary/aromatic N) is 6. The smallest absolute Gasteiger partial charge is 0.250 e. The Kier molecular flexibility index (Phi) is 10.1. The summed E-state index contributed by atoms with van der Waals surface area (Å²) in [6, 6.07) is 11.8. The highest BCUT2D eigenvalue weighted by molar-refractivity contribution is 6.32. The van der Waals surface area contributed by atoms with Crippen molar-refractivity contribution in [3.63, 3.8) is 0 Å². The van der Waals surface area contributed by atoms with Crippen LogP contribution in [-0.2, 0) is 5.41 Å². The lowest BCUT2D eigenvalue weighted by molar-refractivity contribution is 0.208. The Morgan fingerprint density at radius 2 is 1.47 bits per heavy atom. The Morgan fingerprint density at radius 1 is 0.860 bits per heavy atom. The van der Waals surface area contributed by atoms with E-state index in [9.17, 15) is 0 Å². The van der Waals surface area contributed by atoms with E-state index in [0.717, 1.165) is 63.2 Å². The van der Waals surface area contributed by atoms with Gasteiger partial charge in [-0.3, -0.25) is 0 Å². The van der Waals surface area contributed by atoms with E-state index in [-0.39, 0.29) is 5.41 Å². The van der Waals surface area contributed by atoms with Gasteiger partial charge in [-0.15, -0.1) is 0 Å². The summed E-state index contributed by atoms with van der Waals surface area (Å²) < 4.78 is 17.7. The van der Waals surface area contributed by atoms with Gasteiger partial charge in [0.05, 0.1) is 17.8 Å². The molecule has 10 nitrogen and oxygen atoms in total. The number of hydrogen-bond donors (Lipinski definition) is 1. The van der Waals surface area contributed by atoms with Crippen LogP contribution in [0.15, 0.2) is 41.5 Å².